The quantitative estimate of drug-likeness (QED) is 0.0954. The number of aliphatic hydroxyl groups excluding tert-OH is 1. The summed E-state index contributed by atoms with van der Waals surface area (Å²) in [7, 11) is 0. The molecule has 1 atom stereocenters. The summed E-state index contributed by atoms with van der Waals surface area (Å²) in [6, 6.07) is 5.91. The molecule has 1 saturated carbocycles. The molecular weight excluding hydrogens is 496 g/mol. The zero-order valence-electron chi connectivity index (χ0n) is 26.9. The van der Waals surface area contributed by atoms with Crippen molar-refractivity contribution in [1.82, 2.24) is 0 Å². The molecule has 1 N–H and O–H groups in total. The Kier molecular flexibility index (Phi) is 20.8. The number of rotatable bonds is 16. The fourth-order valence-corrected chi connectivity index (χ4v) is 4.53. The van der Waals surface area contributed by atoms with E-state index in [1.165, 1.54) is 36.8 Å². The third-order valence-corrected chi connectivity index (χ3v) is 7.27. The molecule has 0 spiro atoms. The van der Waals surface area contributed by atoms with Crippen molar-refractivity contribution in [2.24, 2.45) is 11.8 Å². The third kappa shape index (κ3) is 17.3. The van der Waals surface area contributed by atoms with E-state index in [0.717, 1.165) is 55.4 Å². The van der Waals surface area contributed by atoms with Crippen molar-refractivity contribution < 1.29 is 19.5 Å². The van der Waals surface area contributed by atoms with Crippen molar-refractivity contribution in [3.05, 3.63) is 58.4 Å². The molecule has 4 heteroatoms. The summed E-state index contributed by atoms with van der Waals surface area (Å²) in [5, 5.41) is 9.21. The van der Waals surface area contributed by atoms with Gasteiger partial charge in [0.2, 0.25) is 0 Å². The van der Waals surface area contributed by atoms with E-state index in [-0.39, 0.29) is 11.6 Å². The Labute approximate surface area is 245 Å². The summed E-state index contributed by atoms with van der Waals surface area (Å²) in [6.45, 7) is 16.3. The second kappa shape index (κ2) is 22.2. The van der Waals surface area contributed by atoms with Crippen molar-refractivity contribution in [3.63, 3.8) is 0 Å². The highest BCUT2D eigenvalue weighted by molar-refractivity contribution is 5.99. The van der Waals surface area contributed by atoms with E-state index in [1.807, 2.05) is 58.9 Å². The molecule has 226 valence electrons. The van der Waals surface area contributed by atoms with Crippen molar-refractivity contribution in [3.8, 4) is 0 Å². The Hall–Kier alpha value is -2.49. The van der Waals surface area contributed by atoms with Crippen LogP contribution in [0.25, 0.3) is 0 Å². The Bertz CT molecular complexity index is 950. The molecule has 0 radical (unpaired) electrons. The molecular formula is C36H58O4. The summed E-state index contributed by atoms with van der Waals surface area (Å²) in [6.07, 6.45) is 15.4. The summed E-state index contributed by atoms with van der Waals surface area (Å²) in [5.74, 6) is 2.02. The van der Waals surface area contributed by atoms with Crippen molar-refractivity contribution >= 4 is 17.3 Å². The van der Waals surface area contributed by atoms with E-state index in [1.54, 1.807) is 0 Å². The molecule has 0 bridgehead atoms. The van der Waals surface area contributed by atoms with E-state index in [9.17, 15) is 19.5 Å². The van der Waals surface area contributed by atoms with Gasteiger partial charge in [0.25, 0.3) is 0 Å². The van der Waals surface area contributed by atoms with Gasteiger partial charge in [0, 0.05) is 31.2 Å². The SMILES string of the molecule is CC/C=C(C)\C(=C/O)C(=O)CCCC(C)CC(=O)CCC.CCCC(=O)c1ccc(C)c(C)c1.CCCC1CC1. The number of aryl methyl sites for hydroxylation is 2. The van der Waals surface area contributed by atoms with Gasteiger partial charge in [0.15, 0.2) is 11.6 Å². The van der Waals surface area contributed by atoms with Gasteiger partial charge in [-0.3, -0.25) is 14.4 Å². The van der Waals surface area contributed by atoms with Crippen molar-refractivity contribution in [2.45, 2.75) is 139 Å². The number of carbonyl (C=O) groups excluding carboxylic acids is 3. The number of benzene rings is 1. The monoisotopic (exact) mass is 554 g/mol. The van der Waals surface area contributed by atoms with Crippen LogP contribution in [0.5, 0.6) is 0 Å². The highest BCUT2D eigenvalue weighted by Crippen LogP contribution is 2.33. The van der Waals surface area contributed by atoms with Crippen LogP contribution in [0.4, 0.5) is 0 Å². The van der Waals surface area contributed by atoms with Gasteiger partial charge in [-0.05, 0) is 87.5 Å². The van der Waals surface area contributed by atoms with Gasteiger partial charge in [-0.15, -0.1) is 0 Å². The van der Waals surface area contributed by atoms with Crippen LogP contribution in [-0.4, -0.2) is 22.5 Å². The second-order valence-corrected chi connectivity index (χ2v) is 11.5. The zero-order valence-corrected chi connectivity index (χ0v) is 26.9. The fraction of sp³-hybridized carbons (Fsp3) is 0.639. The van der Waals surface area contributed by atoms with Gasteiger partial charge in [-0.25, -0.2) is 0 Å². The molecule has 40 heavy (non-hydrogen) atoms. The van der Waals surface area contributed by atoms with E-state index in [2.05, 4.69) is 20.8 Å². The molecule has 4 nitrogen and oxygen atoms in total. The minimum absolute atomic E-state index is 0.0215. The van der Waals surface area contributed by atoms with Gasteiger partial charge in [-0.2, -0.15) is 0 Å². The van der Waals surface area contributed by atoms with Gasteiger partial charge in [0.1, 0.15) is 5.78 Å². The average Bonchev–Trinajstić information content (AvgIpc) is 3.72. The Morgan fingerprint density at radius 1 is 0.950 bits per heavy atom. The van der Waals surface area contributed by atoms with Crippen LogP contribution in [-0.2, 0) is 9.59 Å². The number of allylic oxidation sites excluding steroid dienone is 3. The van der Waals surface area contributed by atoms with Gasteiger partial charge >= 0.3 is 0 Å². The predicted octanol–water partition coefficient (Wildman–Crippen LogP) is 10.4. The van der Waals surface area contributed by atoms with Crippen LogP contribution in [0.3, 0.4) is 0 Å². The number of Topliss-reactive ketones (excluding diaryl/α,β-unsaturated/α-hetero) is 3. The average molecular weight is 555 g/mol. The van der Waals surface area contributed by atoms with Gasteiger partial charge < -0.3 is 5.11 Å². The smallest absolute Gasteiger partial charge is 0.166 e. The van der Waals surface area contributed by atoms with E-state index < -0.39 is 0 Å². The molecule has 1 aliphatic rings. The number of aliphatic hydroxyl groups is 1. The molecule has 1 aromatic rings. The molecule has 0 heterocycles. The molecule has 1 aliphatic carbocycles. The first-order chi connectivity index (χ1) is 19.0. The maximum atomic E-state index is 12.1. The van der Waals surface area contributed by atoms with E-state index in [0.29, 0.717) is 43.0 Å². The zero-order chi connectivity index (χ0) is 30.5. The van der Waals surface area contributed by atoms with Crippen LogP contribution < -0.4 is 0 Å². The largest absolute Gasteiger partial charge is 0.515 e. The second-order valence-electron chi connectivity index (χ2n) is 11.5. The molecule has 0 amide bonds. The lowest BCUT2D eigenvalue weighted by Gasteiger charge is -2.10. The first-order valence-electron chi connectivity index (χ1n) is 15.7. The van der Waals surface area contributed by atoms with Crippen LogP contribution in [0.15, 0.2) is 41.7 Å². The molecule has 1 fully saturated rings. The molecule has 0 aliphatic heterocycles. The standard InChI is InChI=1S/C18H30O3.C12H16O.C6H12/c1-5-8-15(4)17(13-19)18(21)11-7-10-14(3)12-16(20)9-6-2;1-4-5-12(13)11-7-6-9(2)10(3)8-11;1-2-3-6-4-5-6/h8,13-14,19H,5-7,9-12H2,1-4H3;6-8H,4-5H2,1-3H3;6H,2-5H2,1H3/b15-8-,17-13+;;. The Morgan fingerprint density at radius 2 is 1.60 bits per heavy atom. The topological polar surface area (TPSA) is 71.4 Å². The third-order valence-electron chi connectivity index (χ3n) is 7.27. The summed E-state index contributed by atoms with van der Waals surface area (Å²) in [5.41, 5.74) is 4.53. The molecule has 2 rings (SSSR count). The molecule has 1 unspecified atom stereocenters. The lowest BCUT2D eigenvalue weighted by molar-refractivity contribution is -0.119. The van der Waals surface area contributed by atoms with Crippen LogP contribution in [0.2, 0.25) is 0 Å². The van der Waals surface area contributed by atoms with Gasteiger partial charge in [-0.1, -0.05) is 78.5 Å². The number of ketones is 3. The van der Waals surface area contributed by atoms with Crippen molar-refractivity contribution in [2.75, 3.05) is 0 Å². The minimum Gasteiger partial charge on any atom is -0.515 e. The summed E-state index contributed by atoms with van der Waals surface area (Å²) < 4.78 is 0. The fourth-order valence-electron chi connectivity index (χ4n) is 4.53. The molecule has 0 saturated heterocycles. The van der Waals surface area contributed by atoms with Crippen LogP contribution >= 0.6 is 0 Å². The maximum Gasteiger partial charge on any atom is 0.166 e. The predicted molar refractivity (Wildman–Crippen MR) is 170 cm³/mol. The normalized spacial score (nSPS) is 13.9. The first kappa shape index (κ1) is 37.5. The molecule has 0 aromatic heterocycles. The van der Waals surface area contributed by atoms with Gasteiger partial charge in [0.05, 0.1) is 11.8 Å². The van der Waals surface area contributed by atoms with E-state index in [4.69, 9.17) is 0 Å². The Balaban J connectivity index is 0.000000667. The Morgan fingerprint density at radius 3 is 2.08 bits per heavy atom. The summed E-state index contributed by atoms with van der Waals surface area (Å²) >= 11 is 0. The minimum atomic E-state index is -0.0215. The number of hydrogen-bond acceptors (Lipinski definition) is 4. The highest BCUT2D eigenvalue weighted by Gasteiger charge is 2.18. The summed E-state index contributed by atoms with van der Waals surface area (Å²) in [4.78, 5) is 35.1. The van der Waals surface area contributed by atoms with Crippen molar-refractivity contribution in [1.29, 1.82) is 0 Å². The van der Waals surface area contributed by atoms with E-state index >= 15 is 0 Å². The highest BCUT2D eigenvalue weighted by atomic mass is 16.2. The lowest BCUT2D eigenvalue weighted by atomic mass is 9.94. The first-order valence-corrected chi connectivity index (χ1v) is 15.7. The van der Waals surface area contributed by atoms with Crippen LogP contribution in [0.1, 0.15) is 146 Å². The number of hydrogen-bond donors (Lipinski definition) is 1. The maximum absolute atomic E-state index is 12.1. The lowest BCUT2D eigenvalue weighted by Crippen LogP contribution is -2.08. The number of carbonyl (C=O) groups is 3. The van der Waals surface area contributed by atoms with Crippen LogP contribution in [0, 0.1) is 25.7 Å². The molecule has 1 aromatic carbocycles.